The SMILES string of the molecule is Cc1ccc(CCN2CCNCC2)c(Br)c1F. The minimum absolute atomic E-state index is 0.122. The molecule has 2 rings (SSSR count). The van der Waals surface area contributed by atoms with Crippen molar-refractivity contribution in [2.45, 2.75) is 13.3 Å². The van der Waals surface area contributed by atoms with Crippen molar-refractivity contribution in [1.29, 1.82) is 0 Å². The molecule has 1 heterocycles. The second kappa shape index (κ2) is 5.94. The summed E-state index contributed by atoms with van der Waals surface area (Å²) in [5.41, 5.74) is 1.76. The Labute approximate surface area is 110 Å². The molecule has 1 aromatic rings. The van der Waals surface area contributed by atoms with Gasteiger partial charge in [-0.3, -0.25) is 0 Å². The second-order valence-electron chi connectivity index (χ2n) is 4.51. The Hall–Kier alpha value is -0.450. The van der Waals surface area contributed by atoms with Crippen LogP contribution in [0, 0.1) is 12.7 Å². The van der Waals surface area contributed by atoms with Gasteiger partial charge >= 0.3 is 0 Å². The Kier molecular flexibility index (Phi) is 4.54. The highest BCUT2D eigenvalue weighted by Crippen LogP contribution is 2.23. The van der Waals surface area contributed by atoms with E-state index in [9.17, 15) is 4.39 Å². The van der Waals surface area contributed by atoms with Crippen molar-refractivity contribution in [2.75, 3.05) is 32.7 Å². The number of aryl methyl sites for hydroxylation is 1. The maximum absolute atomic E-state index is 13.7. The van der Waals surface area contributed by atoms with Gasteiger partial charge in [0.05, 0.1) is 4.47 Å². The summed E-state index contributed by atoms with van der Waals surface area (Å²) in [5.74, 6) is -0.122. The van der Waals surface area contributed by atoms with Crippen LogP contribution in [0.2, 0.25) is 0 Å². The van der Waals surface area contributed by atoms with E-state index in [1.54, 1.807) is 6.92 Å². The number of benzene rings is 1. The van der Waals surface area contributed by atoms with E-state index in [2.05, 4.69) is 26.1 Å². The standard InChI is InChI=1S/C13H18BrFN2/c1-10-2-3-11(12(14)13(10)15)4-7-17-8-5-16-6-9-17/h2-3,16H,4-9H2,1H3. The zero-order valence-corrected chi connectivity index (χ0v) is 11.7. The van der Waals surface area contributed by atoms with Gasteiger partial charge in [0.25, 0.3) is 0 Å². The molecule has 0 bridgehead atoms. The molecule has 0 radical (unpaired) electrons. The van der Waals surface area contributed by atoms with Crippen molar-refractivity contribution >= 4 is 15.9 Å². The van der Waals surface area contributed by atoms with Crippen LogP contribution in [0.3, 0.4) is 0 Å². The molecule has 94 valence electrons. The molecule has 1 aromatic carbocycles. The summed E-state index contributed by atoms with van der Waals surface area (Å²) in [6.45, 7) is 7.09. The first-order valence-corrected chi connectivity index (χ1v) is 6.84. The van der Waals surface area contributed by atoms with Crippen LogP contribution in [-0.2, 0) is 6.42 Å². The molecule has 1 N–H and O–H groups in total. The molecular weight excluding hydrogens is 283 g/mol. The highest BCUT2D eigenvalue weighted by Gasteiger charge is 2.12. The fraction of sp³-hybridized carbons (Fsp3) is 0.538. The largest absolute Gasteiger partial charge is 0.314 e. The highest BCUT2D eigenvalue weighted by molar-refractivity contribution is 9.10. The number of halogens is 2. The minimum atomic E-state index is -0.122. The van der Waals surface area contributed by atoms with Crippen LogP contribution in [0.5, 0.6) is 0 Å². The van der Waals surface area contributed by atoms with Crippen molar-refractivity contribution < 1.29 is 4.39 Å². The number of nitrogens with one attached hydrogen (secondary N) is 1. The third-order valence-electron chi connectivity index (χ3n) is 3.26. The molecule has 17 heavy (non-hydrogen) atoms. The molecule has 1 aliphatic rings. The molecule has 0 aromatic heterocycles. The van der Waals surface area contributed by atoms with Gasteiger partial charge in [0, 0.05) is 32.7 Å². The van der Waals surface area contributed by atoms with Crippen molar-refractivity contribution in [1.82, 2.24) is 10.2 Å². The van der Waals surface area contributed by atoms with Gasteiger partial charge in [0.1, 0.15) is 5.82 Å². The fourth-order valence-corrected chi connectivity index (χ4v) is 2.74. The van der Waals surface area contributed by atoms with E-state index in [0.29, 0.717) is 10.0 Å². The molecule has 1 aliphatic heterocycles. The first-order chi connectivity index (χ1) is 8.18. The molecular formula is C13H18BrFN2. The quantitative estimate of drug-likeness (QED) is 0.922. The number of rotatable bonds is 3. The number of hydrogen-bond donors (Lipinski definition) is 1. The molecule has 0 amide bonds. The van der Waals surface area contributed by atoms with Crippen LogP contribution in [0.1, 0.15) is 11.1 Å². The maximum atomic E-state index is 13.7. The first-order valence-electron chi connectivity index (χ1n) is 6.05. The Morgan fingerprint density at radius 3 is 2.76 bits per heavy atom. The summed E-state index contributed by atoms with van der Waals surface area (Å²) in [4.78, 5) is 2.42. The van der Waals surface area contributed by atoms with Crippen LogP contribution in [0.25, 0.3) is 0 Å². The zero-order chi connectivity index (χ0) is 12.3. The predicted octanol–water partition coefficient (Wildman–Crippen LogP) is 2.34. The third-order valence-corrected chi connectivity index (χ3v) is 4.12. The highest BCUT2D eigenvalue weighted by atomic mass is 79.9. The zero-order valence-electron chi connectivity index (χ0n) is 10.1. The van der Waals surface area contributed by atoms with Crippen molar-refractivity contribution in [3.63, 3.8) is 0 Å². The van der Waals surface area contributed by atoms with Gasteiger partial charge in [-0.25, -0.2) is 4.39 Å². The summed E-state index contributed by atoms with van der Waals surface area (Å²) in [6.07, 6.45) is 0.901. The summed E-state index contributed by atoms with van der Waals surface area (Å²) in [5, 5.41) is 3.33. The molecule has 2 nitrogen and oxygen atoms in total. The molecule has 1 saturated heterocycles. The molecule has 0 aliphatic carbocycles. The van der Waals surface area contributed by atoms with Gasteiger partial charge in [0.2, 0.25) is 0 Å². The van der Waals surface area contributed by atoms with Crippen LogP contribution >= 0.6 is 15.9 Å². The lowest BCUT2D eigenvalue weighted by molar-refractivity contribution is 0.243. The Bertz CT molecular complexity index is 389. The van der Waals surface area contributed by atoms with Crippen molar-refractivity contribution in [2.24, 2.45) is 0 Å². The predicted molar refractivity (Wildman–Crippen MR) is 71.9 cm³/mol. The Morgan fingerprint density at radius 2 is 2.06 bits per heavy atom. The lowest BCUT2D eigenvalue weighted by Gasteiger charge is -2.27. The van der Waals surface area contributed by atoms with E-state index < -0.39 is 0 Å². The first kappa shape index (κ1) is 13.0. The van der Waals surface area contributed by atoms with E-state index in [1.165, 1.54) is 0 Å². The van der Waals surface area contributed by atoms with E-state index in [-0.39, 0.29) is 5.82 Å². The average molecular weight is 301 g/mol. The van der Waals surface area contributed by atoms with Gasteiger partial charge in [-0.15, -0.1) is 0 Å². The van der Waals surface area contributed by atoms with E-state index in [0.717, 1.165) is 44.7 Å². The second-order valence-corrected chi connectivity index (χ2v) is 5.30. The fourth-order valence-electron chi connectivity index (χ4n) is 2.09. The van der Waals surface area contributed by atoms with Crippen LogP contribution in [-0.4, -0.2) is 37.6 Å². The van der Waals surface area contributed by atoms with Crippen molar-refractivity contribution in [3.05, 3.63) is 33.5 Å². The number of hydrogen-bond acceptors (Lipinski definition) is 2. The molecule has 0 unspecified atom stereocenters. The van der Waals surface area contributed by atoms with Crippen LogP contribution in [0.4, 0.5) is 4.39 Å². The molecule has 1 fully saturated rings. The topological polar surface area (TPSA) is 15.3 Å². The van der Waals surface area contributed by atoms with Gasteiger partial charge in [-0.2, -0.15) is 0 Å². The monoisotopic (exact) mass is 300 g/mol. The molecule has 0 atom stereocenters. The van der Waals surface area contributed by atoms with Crippen LogP contribution < -0.4 is 5.32 Å². The lowest BCUT2D eigenvalue weighted by Crippen LogP contribution is -2.44. The van der Waals surface area contributed by atoms with Gasteiger partial charge < -0.3 is 10.2 Å². The summed E-state index contributed by atoms with van der Waals surface area (Å²) in [6, 6.07) is 3.87. The average Bonchev–Trinajstić information content (AvgIpc) is 2.36. The van der Waals surface area contributed by atoms with E-state index in [1.807, 2.05) is 12.1 Å². The Balaban J connectivity index is 1.96. The summed E-state index contributed by atoms with van der Waals surface area (Å²) in [7, 11) is 0. The normalized spacial score (nSPS) is 17.4. The minimum Gasteiger partial charge on any atom is -0.314 e. The van der Waals surface area contributed by atoms with E-state index in [4.69, 9.17) is 0 Å². The number of nitrogens with zero attached hydrogens (tertiary/aromatic N) is 1. The van der Waals surface area contributed by atoms with Gasteiger partial charge in [-0.05, 0) is 40.4 Å². The molecule has 0 saturated carbocycles. The van der Waals surface area contributed by atoms with Gasteiger partial charge in [-0.1, -0.05) is 12.1 Å². The number of piperazine rings is 1. The molecule has 4 heteroatoms. The smallest absolute Gasteiger partial charge is 0.140 e. The summed E-state index contributed by atoms with van der Waals surface area (Å²) < 4.78 is 14.3. The molecule has 0 spiro atoms. The third kappa shape index (κ3) is 3.27. The van der Waals surface area contributed by atoms with Crippen LogP contribution in [0.15, 0.2) is 16.6 Å². The maximum Gasteiger partial charge on any atom is 0.140 e. The van der Waals surface area contributed by atoms with Gasteiger partial charge in [0.15, 0.2) is 0 Å². The van der Waals surface area contributed by atoms with E-state index >= 15 is 0 Å². The Morgan fingerprint density at radius 1 is 1.35 bits per heavy atom. The van der Waals surface area contributed by atoms with Crippen molar-refractivity contribution in [3.8, 4) is 0 Å². The lowest BCUT2D eigenvalue weighted by atomic mass is 10.1. The summed E-state index contributed by atoms with van der Waals surface area (Å²) >= 11 is 3.35.